The van der Waals surface area contributed by atoms with Gasteiger partial charge in [0.15, 0.2) is 0 Å². The lowest BCUT2D eigenvalue weighted by Gasteiger charge is -2.15. The minimum Gasteiger partial charge on any atom is -0.396 e. The number of nitrogens with one attached hydrogen (secondary N) is 1. The van der Waals surface area contributed by atoms with Crippen molar-refractivity contribution in [3.05, 3.63) is 51.7 Å². The average molecular weight is 346 g/mol. The lowest BCUT2D eigenvalue weighted by molar-refractivity contribution is 0.0952. The Balaban J connectivity index is 1.57. The first-order valence-electron chi connectivity index (χ1n) is 7.52. The van der Waals surface area contributed by atoms with Gasteiger partial charge in [-0.3, -0.25) is 4.79 Å². The molecule has 0 aliphatic heterocycles. The molecule has 3 rings (SSSR count). The summed E-state index contributed by atoms with van der Waals surface area (Å²) in [5.74, 6) is 0.226. The number of hydrogen-bond acceptors (Lipinski definition) is 5. The summed E-state index contributed by atoms with van der Waals surface area (Å²) in [6, 6.07) is 7.65. The quantitative estimate of drug-likeness (QED) is 0.686. The number of nitrogens with zero attached hydrogens (tertiary/aromatic N) is 1. The molecule has 0 radical (unpaired) electrons. The molecule has 2 N–H and O–H groups in total. The van der Waals surface area contributed by atoms with E-state index in [1.165, 1.54) is 16.9 Å². The van der Waals surface area contributed by atoms with E-state index in [4.69, 9.17) is 0 Å². The number of amides is 1. The summed E-state index contributed by atoms with van der Waals surface area (Å²) in [5, 5.41) is 16.3. The van der Waals surface area contributed by atoms with E-state index in [1.54, 1.807) is 16.8 Å². The van der Waals surface area contributed by atoms with Crippen molar-refractivity contribution in [3.8, 4) is 0 Å². The number of thiophene rings is 1. The van der Waals surface area contributed by atoms with Crippen LogP contribution in [0.1, 0.15) is 34.7 Å². The van der Waals surface area contributed by atoms with Crippen molar-refractivity contribution >= 4 is 38.8 Å². The fourth-order valence-electron chi connectivity index (χ4n) is 2.60. The molecule has 6 heteroatoms. The highest BCUT2D eigenvalue weighted by molar-refractivity contribution is 7.16. The van der Waals surface area contributed by atoms with Gasteiger partial charge < -0.3 is 10.4 Å². The summed E-state index contributed by atoms with van der Waals surface area (Å²) < 4.78 is 1.02. The summed E-state index contributed by atoms with van der Waals surface area (Å²) in [6.45, 7) is 0.760. The number of benzene rings is 1. The maximum Gasteiger partial charge on any atom is 0.251 e. The Morgan fingerprint density at radius 1 is 1.30 bits per heavy atom. The molecule has 0 saturated heterocycles. The zero-order valence-electron chi connectivity index (χ0n) is 12.6. The number of aliphatic hydroxyl groups excluding tert-OH is 1. The van der Waals surface area contributed by atoms with Gasteiger partial charge in [-0.25, -0.2) is 4.98 Å². The van der Waals surface area contributed by atoms with E-state index in [9.17, 15) is 9.90 Å². The van der Waals surface area contributed by atoms with Crippen LogP contribution in [0.3, 0.4) is 0 Å². The third-order valence-corrected chi connectivity index (χ3v) is 5.36. The van der Waals surface area contributed by atoms with Crippen LogP contribution in [0.2, 0.25) is 0 Å². The summed E-state index contributed by atoms with van der Waals surface area (Å²) in [5.41, 5.74) is 4.61. The molecule has 23 heavy (non-hydrogen) atoms. The minimum atomic E-state index is -0.0617. The van der Waals surface area contributed by atoms with Crippen LogP contribution in [-0.4, -0.2) is 29.1 Å². The van der Waals surface area contributed by atoms with Crippen LogP contribution < -0.4 is 5.32 Å². The first-order valence-corrected chi connectivity index (χ1v) is 9.34. The molecular weight excluding hydrogens is 328 g/mol. The molecule has 0 spiro atoms. The van der Waals surface area contributed by atoms with Gasteiger partial charge in [0.05, 0.1) is 15.7 Å². The lowest BCUT2D eigenvalue weighted by Crippen LogP contribution is -2.25. The number of fused-ring (bicyclic) bond motifs is 1. The van der Waals surface area contributed by atoms with E-state index >= 15 is 0 Å². The van der Waals surface area contributed by atoms with Crippen molar-refractivity contribution in [2.45, 2.75) is 18.8 Å². The van der Waals surface area contributed by atoms with Gasteiger partial charge in [0.2, 0.25) is 0 Å². The van der Waals surface area contributed by atoms with Gasteiger partial charge in [-0.05, 0) is 59.3 Å². The van der Waals surface area contributed by atoms with E-state index in [1.807, 2.05) is 23.6 Å². The van der Waals surface area contributed by atoms with Crippen LogP contribution in [0.15, 0.2) is 40.5 Å². The molecular formula is C17H18N2O2S2. The molecule has 0 aliphatic rings. The van der Waals surface area contributed by atoms with Gasteiger partial charge in [-0.2, -0.15) is 11.3 Å². The Hall–Kier alpha value is -1.76. The number of carbonyl (C=O) groups excluding carboxylic acids is 1. The van der Waals surface area contributed by atoms with Crippen molar-refractivity contribution in [1.82, 2.24) is 10.3 Å². The van der Waals surface area contributed by atoms with Crippen molar-refractivity contribution < 1.29 is 9.90 Å². The fraction of sp³-hybridized carbons (Fsp3) is 0.294. The van der Waals surface area contributed by atoms with Gasteiger partial charge in [-0.1, -0.05) is 0 Å². The number of carbonyl (C=O) groups is 1. The monoisotopic (exact) mass is 346 g/mol. The summed E-state index contributed by atoms with van der Waals surface area (Å²) >= 11 is 3.19. The number of thiazole rings is 1. The highest BCUT2D eigenvalue weighted by Crippen LogP contribution is 2.25. The molecule has 0 fully saturated rings. The first kappa shape index (κ1) is 16.1. The largest absolute Gasteiger partial charge is 0.396 e. The highest BCUT2D eigenvalue weighted by atomic mass is 32.1. The van der Waals surface area contributed by atoms with Crippen molar-refractivity contribution in [2.24, 2.45) is 0 Å². The SMILES string of the molecule is O=C(NCCC(CCO)c1ccsc1)c1ccc2ncsc2c1. The molecule has 2 heterocycles. The Labute approximate surface area is 142 Å². The maximum absolute atomic E-state index is 12.3. The second kappa shape index (κ2) is 7.68. The van der Waals surface area contributed by atoms with Gasteiger partial charge in [0.1, 0.15) is 0 Å². The lowest BCUT2D eigenvalue weighted by atomic mass is 9.95. The standard InChI is InChI=1S/C17H18N2O2S2/c20-7-4-12(14-5-8-22-10-14)3-6-18-17(21)13-1-2-15-16(9-13)23-11-19-15/h1-2,5,8-12,20H,3-4,6-7H2,(H,18,21). The number of hydrogen-bond donors (Lipinski definition) is 2. The topological polar surface area (TPSA) is 62.2 Å². The molecule has 0 saturated carbocycles. The van der Waals surface area contributed by atoms with Crippen LogP contribution in [0, 0.1) is 0 Å². The van der Waals surface area contributed by atoms with Gasteiger partial charge >= 0.3 is 0 Å². The number of aliphatic hydroxyl groups is 1. The molecule has 2 aromatic heterocycles. The Morgan fingerprint density at radius 3 is 3.00 bits per heavy atom. The van der Waals surface area contributed by atoms with E-state index < -0.39 is 0 Å². The summed E-state index contributed by atoms with van der Waals surface area (Å²) in [6.07, 6.45) is 1.55. The predicted molar refractivity (Wildman–Crippen MR) is 95.3 cm³/mol. The predicted octanol–water partition coefficient (Wildman–Crippen LogP) is 3.64. The highest BCUT2D eigenvalue weighted by Gasteiger charge is 2.13. The zero-order chi connectivity index (χ0) is 16.1. The minimum absolute atomic E-state index is 0.0617. The van der Waals surface area contributed by atoms with E-state index in [0.29, 0.717) is 12.1 Å². The first-order chi connectivity index (χ1) is 11.3. The second-order valence-corrected chi connectivity index (χ2v) is 7.01. The third kappa shape index (κ3) is 3.96. The molecule has 1 aromatic carbocycles. The van der Waals surface area contributed by atoms with Crippen LogP contribution in [0.5, 0.6) is 0 Å². The molecule has 1 amide bonds. The smallest absolute Gasteiger partial charge is 0.251 e. The van der Waals surface area contributed by atoms with Gasteiger partial charge in [-0.15, -0.1) is 11.3 Å². The molecule has 0 aliphatic carbocycles. The molecule has 120 valence electrons. The second-order valence-electron chi connectivity index (χ2n) is 5.35. The van der Waals surface area contributed by atoms with E-state index in [-0.39, 0.29) is 18.4 Å². The molecule has 3 aromatic rings. The maximum atomic E-state index is 12.3. The van der Waals surface area contributed by atoms with E-state index in [0.717, 1.165) is 23.1 Å². The van der Waals surface area contributed by atoms with Crippen LogP contribution in [-0.2, 0) is 0 Å². The Bertz CT molecular complexity index is 768. The third-order valence-electron chi connectivity index (χ3n) is 3.86. The summed E-state index contributed by atoms with van der Waals surface area (Å²) in [7, 11) is 0. The van der Waals surface area contributed by atoms with Gasteiger partial charge in [0.25, 0.3) is 5.91 Å². The van der Waals surface area contributed by atoms with E-state index in [2.05, 4.69) is 21.7 Å². The zero-order valence-corrected chi connectivity index (χ0v) is 14.2. The normalized spacial score (nSPS) is 12.4. The van der Waals surface area contributed by atoms with Crippen molar-refractivity contribution in [2.75, 3.05) is 13.2 Å². The average Bonchev–Trinajstić information content (AvgIpc) is 3.24. The Morgan fingerprint density at radius 2 is 2.22 bits per heavy atom. The number of rotatable bonds is 7. The van der Waals surface area contributed by atoms with Crippen molar-refractivity contribution in [1.29, 1.82) is 0 Å². The summed E-state index contributed by atoms with van der Waals surface area (Å²) in [4.78, 5) is 16.5. The molecule has 1 atom stereocenters. The van der Waals surface area contributed by atoms with Crippen LogP contribution >= 0.6 is 22.7 Å². The molecule has 4 nitrogen and oxygen atoms in total. The Kier molecular flexibility index (Phi) is 5.38. The van der Waals surface area contributed by atoms with Crippen LogP contribution in [0.4, 0.5) is 0 Å². The van der Waals surface area contributed by atoms with Crippen molar-refractivity contribution in [3.63, 3.8) is 0 Å². The molecule has 0 bridgehead atoms. The van der Waals surface area contributed by atoms with Crippen LogP contribution in [0.25, 0.3) is 10.2 Å². The number of aromatic nitrogens is 1. The van der Waals surface area contributed by atoms with Gasteiger partial charge in [0, 0.05) is 18.7 Å². The molecule has 1 unspecified atom stereocenters. The fourth-order valence-corrected chi connectivity index (χ4v) is 4.06.